The Morgan fingerprint density at radius 1 is 1.39 bits per heavy atom. The smallest absolute Gasteiger partial charge is 0.0551 e. The fourth-order valence-electron chi connectivity index (χ4n) is 2.67. The number of hydrogen-bond donors (Lipinski definition) is 1. The summed E-state index contributed by atoms with van der Waals surface area (Å²) < 4.78 is 5.69. The molecule has 1 aliphatic heterocycles. The number of benzene rings is 1. The molecular formula is C15H22ClNO. The van der Waals surface area contributed by atoms with Gasteiger partial charge in [-0.15, -0.1) is 0 Å². The molecule has 3 heteroatoms. The Labute approximate surface area is 115 Å². The van der Waals surface area contributed by atoms with E-state index < -0.39 is 0 Å². The van der Waals surface area contributed by atoms with Crippen molar-refractivity contribution in [1.29, 1.82) is 0 Å². The van der Waals surface area contributed by atoms with Crippen molar-refractivity contribution >= 4 is 11.6 Å². The molecule has 2 rings (SSSR count). The third-order valence-electron chi connectivity index (χ3n) is 3.63. The Morgan fingerprint density at radius 2 is 2.11 bits per heavy atom. The minimum absolute atomic E-state index is 0.404. The Bertz CT molecular complexity index is 365. The molecule has 0 spiro atoms. The van der Waals surface area contributed by atoms with E-state index in [1.54, 1.807) is 0 Å². The topological polar surface area (TPSA) is 21.3 Å². The van der Waals surface area contributed by atoms with Crippen LogP contribution in [0.25, 0.3) is 0 Å². The summed E-state index contributed by atoms with van der Waals surface area (Å²) in [5.41, 5.74) is 1.34. The van der Waals surface area contributed by atoms with Gasteiger partial charge in [-0.25, -0.2) is 0 Å². The molecule has 0 aliphatic carbocycles. The lowest BCUT2D eigenvalue weighted by atomic mass is 9.91. The zero-order valence-corrected chi connectivity index (χ0v) is 11.9. The minimum atomic E-state index is 0.404. The maximum atomic E-state index is 5.92. The van der Waals surface area contributed by atoms with Gasteiger partial charge in [-0.05, 0) is 44.0 Å². The van der Waals surface area contributed by atoms with Gasteiger partial charge in [0.15, 0.2) is 0 Å². The van der Waals surface area contributed by atoms with Crippen molar-refractivity contribution < 1.29 is 4.74 Å². The second kappa shape index (κ2) is 6.55. The molecule has 0 saturated carbocycles. The number of halogens is 1. The highest BCUT2D eigenvalue weighted by Crippen LogP contribution is 2.24. The molecule has 1 aromatic rings. The first-order chi connectivity index (χ1) is 8.69. The third kappa shape index (κ3) is 3.71. The number of hydrogen-bond acceptors (Lipinski definition) is 2. The molecular weight excluding hydrogens is 246 g/mol. The van der Waals surface area contributed by atoms with Crippen LogP contribution in [0.1, 0.15) is 25.8 Å². The first kappa shape index (κ1) is 13.9. The van der Waals surface area contributed by atoms with Crippen LogP contribution < -0.4 is 5.32 Å². The van der Waals surface area contributed by atoms with E-state index in [0.717, 1.165) is 31.0 Å². The highest BCUT2D eigenvalue weighted by atomic mass is 35.5. The van der Waals surface area contributed by atoms with Crippen LogP contribution in [0.2, 0.25) is 5.02 Å². The van der Waals surface area contributed by atoms with Crippen LogP contribution in [-0.4, -0.2) is 25.3 Å². The van der Waals surface area contributed by atoms with E-state index in [-0.39, 0.29) is 0 Å². The second-order valence-corrected chi connectivity index (χ2v) is 5.57. The van der Waals surface area contributed by atoms with E-state index in [9.17, 15) is 0 Å². The van der Waals surface area contributed by atoms with Crippen LogP contribution in [-0.2, 0) is 11.2 Å². The predicted molar refractivity (Wildman–Crippen MR) is 76.1 cm³/mol. The summed E-state index contributed by atoms with van der Waals surface area (Å²) in [4.78, 5) is 0. The summed E-state index contributed by atoms with van der Waals surface area (Å²) in [6.45, 7) is 6.20. The standard InChI is InChI=1S/C15H22ClNO/c1-3-17-15(13-8-11(2)18-10-13)9-12-4-6-14(16)7-5-12/h4-7,11,13,15,17H,3,8-10H2,1-2H3. The molecule has 3 unspecified atom stereocenters. The number of likely N-dealkylation sites (N-methyl/N-ethyl adjacent to an activating group) is 1. The Balaban J connectivity index is 1.99. The summed E-state index contributed by atoms with van der Waals surface area (Å²) in [5, 5.41) is 4.40. The molecule has 0 aromatic heterocycles. The van der Waals surface area contributed by atoms with E-state index in [4.69, 9.17) is 16.3 Å². The van der Waals surface area contributed by atoms with Gasteiger partial charge >= 0.3 is 0 Å². The van der Waals surface area contributed by atoms with Gasteiger partial charge in [0, 0.05) is 17.0 Å². The van der Waals surface area contributed by atoms with Gasteiger partial charge in [0.25, 0.3) is 0 Å². The molecule has 0 amide bonds. The van der Waals surface area contributed by atoms with Crippen LogP contribution in [0.5, 0.6) is 0 Å². The Hall–Kier alpha value is -0.570. The second-order valence-electron chi connectivity index (χ2n) is 5.13. The average molecular weight is 268 g/mol. The van der Waals surface area contributed by atoms with Gasteiger partial charge in [-0.2, -0.15) is 0 Å². The van der Waals surface area contributed by atoms with Gasteiger partial charge in [-0.3, -0.25) is 0 Å². The average Bonchev–Trinajstić information content (AvgIpc) is 2.78. The van der Waals surface area contributed by atoms with Crippen LogP contribution in [0.4, 0.5) is 0 Å². The molecule has 1 fully saturated rings. The zero-order valence-electron chi connectivity index (χ0n) is 11.2. The number of nitrogens with one attached hydrogen (secondary N) is 1. The molecule has 0 radical (unpaired) electrons. The van der Waals surface area contributed by atoms with Crippen molar-refractivity contribution in [2.45, 2.75) is 38.8 Å². The summed E-state index contributed by atoms with van der Waals surface area (Å²) in [7, 11) is 0. The van der Waals surface area contributed by atoms with Crippen molar-refractivity contribution in [2.75, 3.05) is 13.2 Å². The van der Waals surface area contributed by atoms with Crippen LogP contribution >= 0.6 is 11.6 Å². The zero-order chi connectivity index (χ0) is 13.0. The van der Waals surface area contributed by atoms with Gasteiger partial charge in [0.2, 0.25) is 0 Å². The first-order valence-corrected chi connectivity index (χ1v) is 7.16. The summed E-state index contributed by atoms with van der Waals surface area (Å²) in [6, 6.07) is 8.67. The number of rotatable bonds is 5. The maximum Gasteiger partial charge on any atom is 0.0551 e. The minimum Gasteiger partial charge on any atom is -0.378 e. The highest BCUT2D eigenvalue weighted by Gasteiger charge is 2.29. The normalized spacial score (nSPS) is 25.3. The van der Waals surface area contributed by atoms with Crippen molar-refractivity contribution in [3.05, 3.63) is 34.9 Å². The molecule has 1 aliphatic rings. The van der Waals surface area contributed by atoms with Gasteiger partial charge in [0.1, 0.15) is 0 Å². The molecule has 0 bridgehead atoms. The lowest BCUT2D eigenvalue weighted by molar-refractivity contribution is 0.117. The van der Waals surface area contributed by atoms with E-state index >= 15 is 0 Å². The lowest BCUT2D eigenvalue weighted by Crippen LogP contribution is -2.38. The molecule has 100 valence electrons. The summed E-state index contributed by atoms with van der Waals surface area (Å²) >= 11 is 5.92. The molecule has 2 nitrogen and oxygen atoms in total. The van der Waals surface area contributed by atoms with Crippen LogP contribution in [0.3, 0.4) is 0 Å². The monoisotopic (exact) mass is 267 g/mol. The van der Waals surface area contributed by atoms with Gasteiger partial charge < -0.3 is 10.1 Å². The molecule has 1 saturated heterocycles. The maximum absolute atomic E-state index is 5.92. The quantitative estimate of drug-likeness (QED) is 0.884. The fourth-order valence-corrected chi connectivity index (χ4v) is 2.80. The van der Waals surface area contributed by atoms with E-state index in [1.807, 2.05) is 12.1 Å². The van der Waals surface area contributed by atoms with E-state index in [0.29, 0.717) is 18.1 Å². The van der Waals surface area contributed by atoms with Crippen molar-refractivity contribution in [2.24, 2.45) is 5.92 Å². The summed E-state index contributed by atoms with van der Waals surface area (Å²) in [5.74, 6) is 0.621. The SMILES string of the molecule is CCNC(Cc1ccc(Cl)cc1)C1COC(C)C1. The van der Waals surface area contributed by atoms with Crippen LogP contribution in [0, 0.1) is 5.92 Å². The van der Waals surface area contributed by atoms with E-state index in [1.165, 1.54) is 5.56 Å². The Morgan fingerprint density at radius 3 is 2.67 bits per heavy atom. The van der Waals surface area contributed by atoms with Gasteiger partial charge in [-0.1, -0.05) is 30.7 Å². The molecule has 1 heterocycles. The summed E-state index contributed by atoms with van der Waals surface area (Å²) in [6.07, 6.45) is 2.61. The Kier molecular flexibility index (Phi) is 5.04. The van der Waals surface area contributed by atoms with Gasteiger partial charge in [0.05, 0.1) is 12.7 Å². The largest absolute Gasteiger partial charge is 0.378 e. The molecule has 3 atom stereocenters. The number of ether oxygens (including phenoxy) is 1. The molecule has 1 N–H and O–H groups in total. The first-order valence-electron chi connectivity index (χ1n) is 6.78. The van der Waals surface area contributed by atoms with Crippen molar-refractivity contribution in [3.63, 3.8) is 0 Å². The predicted octanol–water partition coefficient (Wildman–Crippen LogP) is 3.29. The van der Waals surface area contributed by atoms with Crippen LogP contribution in [0.15, 0.2) is 24.3 Å². The lowest BCUT2D eigenvalue weighted by Gasteiger charge is -2.23. The molecule has 18 heavy (non-hydrogen) atoms. The van der Waals surface area contributed by atoms with E-state index in [2.05, 4.69) is 31.3 Å². The third-order valence-corrected chi connectivity index (χ3v) is 3.89. The fraction of sp³-hybridized carbons (Fsp3) is 0.600. The highest BCUT2D eigenvalue weighted by molar-refractivity contribution is 6.30. The molecule has 1 aromatic carbocycles. The van der Waals surface area contributed by atoms with Crippen molar-refractivity contribution in [1.82, 2.24) is 5.32 Å². The van der Waals surface area contributed by atoms with Crippen molar-refractivity contribution in [3.8, 4) is 0 Å².